The van der Waals surface area contributed by atoms with E-state index in [2.05, 4.69) is 24.1 Å². The third-order valence-corrected chi connectivity index (χ3v) is 3.14. The maximum atomic E-state index is 11.0. The van der Waals surface area contributed by atoms with Gasteiger partial charge in [0.15, 0.2) is 0 Å². The lowest BCUT2D eigenvalue weighted by Gasteiger charge is -2.16. The second-order valence-corrected chi connectivity index (χ2v) is 4.50. The molecule has 18 heavy (non-hydrogen) atoms. The molecule has 2 N–H and O–H groups in total. The molecule has 100 valence electrons. The molecule has 0 aliphatic carbocycles. The summed E-state index contributed by atoms with van der Waals surface area (Å²) in [5.74, 6) is 0.112. The quantitative estimate of drug-likeness (QED) is 0.742. The molecular weight excluding hydrogens is 228 g/mol. The normalized spacial score (nSPS) is 12.1. The maximum Gasteiger partial charge on any atom is 0.339 e. The number of aromatic nitrogens is 1. The number of unbranched alkanes of at least 4 members (excludes halogenated alkanes) is 1. The van der Waals surface area contributed by atoms with Gasteiger partial charge in [0.25, 0.3) is 0 Å². The third-order valence-electron chi connectivity index (χ3n) is 3.14. The summed E-state index contributed by atoms with van der Waals surface area (Å²) in [7, 11) is 0. The van der Waals surface area contributed by atoms with Crippen LogP contribution in [0.4, 0.5) is 5.82 Å². The van der Waals surface area contributed by atoms with E-state index < -0.39 is 5.97 Å². The molecular formula is C14H22N2O2. The SMILES string of the molecule is CCCCC(CC)CNc1ncccc1C(=O)O. The van der Waals surface area contributed by atoms with E-state index in [0.29, 0.717) is 11.7 Å². The van der Waals surface area contributed by atoms with E-state index in [1.165, 1.54) is 19.3 Å². The minimum atomic E-state index is -0.938. The van der Waals surface area contributed by atoms with Crippen LogP contribution in [0.25, 0.3) is 0 Å². The fourth-order valence-corrected chi connectivity index (χ4v) is 1.90. The monoisotopic (exact) mass is 250 g/mol. The highest BCUT2D eigenvalue weighted by atomic mass is 16.4. The van der Waals surface area contributed by atoms with Gasteiger partial charge in [-0.05, 0) is 24.5 Å². The van der Waals surface area contributed by atoms with Gasteiger partial charge in [0.1, 0.15) is 11.4 Å². The highest BCUT2D eigenvalue weighted by Crippen LogP contribution is 2.16. The first kappa shape index (κ1) is 14.5. The fraction of sp³-hybridized carbons (Fsp3) is 0.571. The Morgan fingerprint density at radius 1 is 1.50 bits per heavy atom. The highest BCUT2D eigenvalue weighted by Gasteiger charge is 2.12. The summed E-state index contributed by atoms with van der Waals surface area (Å²) in [5, 5.41) is 12.2. The molecule has 1 aromatic heterocycles. The number of aromatic carboxylic acids is 1. The van der Waals surface area contributed by atoms with Gasteiger partial charge in [0.2, 0.25) is 0 Å². The molecule has 4 nitrogen and oxygen atoms in total. The van der Waals surface area contributed by atoms with Crippen molar-refractivity contribution < 1.29 is 9.90 Å². The Bertz CT molecular complexity index is 380. The number of carboxylic acid groups (broad SMARTS) is 1. The topological polar surface area (TPSA) is 62.2 Å². The van der Waals surface area contributed by atoms with Crippen LogP contribution in [0.15, 0.2) is 18.3 Å². The van der Waals surface area contributed by atoms with Crippen molar-refractivity contribution in [1.82, 2.24) is 4.98 Å². The van der Waals surface area contributed by atoms with E-state index in [0.717, 1.165) is 13.0 Å². The first-order valence-corrected chi connectivity index (χ1v) is 6.61. The number of rotatable bonds is 8. The van der Waals surface area contributed by atoms with Gasteiger partial charge in [-0.1, -0.05) is 33.1 Å². The Morgan fingerprint density at radius 2 is 2.28 bits per heavy atom. The van der Waals surface area contributed by atoms with E-state index in [4.69, 9.17) is 5.11 Å². The van der Waals surface area contributed by atoms with Gasteiger partial charge in [-0.25, -0.2) is 9.78 Å². The van der Waals surface area contributed by atoms with Crippen molar-refractivity contribution in [3.63, 3.8) is 0 Å². The molecule has 0 amide bonds. The Hall–Kier alpha value is -1.58. The van der Waals surface area contributed by atoms with Gasteiger partial charge in [0, 0.05) is 12.7 Å². The maximum absolute atomic E-state index is 11.0. The Labute approximate surface area is 108 Å². The van der Waals surface area contributed by atoms with Crippen LogP contribution in [-0.4, -0.2) is 22.6 Å². The summed E-state index contributed by atoms with van der Waals surface area (Å²) in [6, 6.07) is 3.22. The standard InChI is InChI=1S/C14H22N2O2/c1-3-5-7-11(4-2)10-16-13-12(14(17)18)8-6-9-15-13/h6,8-9,11H,3-5,7,10H2,1-2H3,(H,15,16)(H,17,18). The zero-order valence-corrected chi connectivity index (χ0v) is 11.1. The van der Waals surface area contributed by atoms with Crippen molar-refractivity contribution in [3.8, 4) is 0 Å². The number of carboxylic acids is 1. The number of carbonyl (C=O) groups is 1. The summed E-state index contributed by atoms with van der Waals surface area (Å²) in [6.07, 6.45) is 6.30. The second-order valence-electron chi connectivity index (χ2n) is 4.50. The van der Waals surface area contributed by atoms with Crippen LogP contribution in [0, 0.1) is 5.92 Å². The molecule has 0 saturated heterocycles. The molecule has 4 heteroatoms. The molecule has 0 aliphatic rings. The van der Waals surface area contributed by atoms with Crippen LogP contribution in [-0.2, 0) is 0 Å². The molecule has 1 atom stereocenters. The van der Waals surface area contributed by atoms with Crippen LogP contribution in [0.3, 0.4) is 0 Å². The summed E-state index contributed by atoms with van der Waals surface area (Å²) in [5.41, 5.74) is 0.239. The lowest BCUT2D eigenvalue weighted by molar-refractivity contribution is 0.0697. The third kappa shape index (κ3) is 4.35. The highest BCUT2D eigenvalue weighted by molar-refractivity contribution is 5.92. The molecule has 1 rings (SSSR count). The molecule has 0 fully saturated rings. The average Bonchev–Trinajstić information content (AvgIpc) is 2.39. The van der Waals surface area contributed by atoms with E-state index in [1.54, 1.807) is 18.3 Å². The molecule has 0 bridgehead atoms. The number of hydrogen-bond donors (Lipinski definition) is 2. The fourth-order valence-electron chi connectivity index (χ4n) is 1.90. The number of hydrogen-bond acceptors (Lipinski definition) is 3. The minimum absolute atomic E-state index is 0.239. The molecule has 0 saturated carbocycles. The van der Waals surface area contributed by atoms with Crippen molar-refractivity contribution in [2.75, 3.05) is 11.9 Å². The van der Waals surface area contributed by atoms with Crippen LogP contribution in [0.5, 0.6) is 0 Å². The van der Waals surface area contributed by atoms with Gasteiger partial charge in [-0.3, -0.25) is 0 Å². The molecule has 1 heterocycles. The van der Waals surface area contributed by atoms with E-state index in [9.17, 15) is 4.79 Å². The van der Waals surface area contributed by atoms with Gasteiger partial charge >= 0.3 is 5.97 Å². The van der Waals surface area contributed by atoms with Gasteiger partial charge in [-0.15, -0.1) is 0 Å². The van der Waals surface area contributed by atoms with Crippen LogP contribution in [0.2, 0.25) is 0 Å². The van der Waals surface area contributed by atoms with Gasteiger partial charge in [-0.2, -0.15) is 0 Å². The van der Waals surface area contributed by atoms with Crippen LogP contribution >= 0.6 is 0 Å². The molecule has 0 aromatic carbocycles. The second kappa shape index (κ2) is 7.69. The lowest BCUT2D eigenvalue weighted by Crippen LogP contribution is -2.16. The molecule has 0 aliphatic heterocycles. The molecule has 0 radical (unpaired) electrons. The van der Waals surface area contributed by atoms with Crippen molar-refractivity contribution >= 4 is 11.8 Å². The zero-order valence-electron chi connectivity index (χ0n) is 11.1. The Balaban J connectivity index is 2.59. The van der Waals surface area contributed by atoms with Gasteiger partial charge < -0.3 is 10.4 Å². The van der Waals surface area contributed by atoms with Crippen molar-refractivity contribution in [2.45, 2.75) is 39.5 Å². The van der Waals surface area contributed by atoms with Crippen molar-refractivity contribution in [2.24, 2.45) is 5.92 Å². The first-order chi connectivity index (χ1) is 8.69. The van der Waals surface area contributed by atoms with E-state index >= 15 is 0 Å². The molecule has 1 unspecified atom stereocenters. The largest absolute Gasteiger partial charge is 0.478 e. The zero-order chi connectivity index (χ0) is 13.4. The van der Waals surface area contributed by atoms with Crippen molar-refractivity contribution in [3.05, 3.63) is 23.9 Å². The van der Waals surface area contributed by atoms with Gasteiger partial charge in [0.05, 0.1) is 0 Å². The minimum Gasteiger partial charge on any atom is -0.478 e. The Kier molecular flexibility index (Phi) is 6.19. The first-order valence-electron chi connectivity index (χ1n) is 6.61. The van der Waals surface area contributed by atoms with E-state index in [-0.39, 0.29) is 5.56 Å². The lowest BCUT2D eigenvalue weighted by atomic mass is 9.99. The summed E-state index contributed by atoms with van der Waals surface area (Å²) >= 11 is 0. The summed E-state index contributed by atoms with van der Waals surface area (Å²) in [6.45, 7) is 5.13. The van der Waals surface area contributed by atoms with Crippen LogP contribution < -0.4 is 5.32 Å². The Morgan fingerprint density at radius 3 is 2.89 bits per heavy atom. The number of anilines is 1. The number of pyridine rings is 1. The average molecular weight is 250 g/mol. The van der Waals surface area contributed by atoms with Crippen molar-refractivity contribution in [1.29, 1.82) is 0 Å². The number of nitrogens with zero attached hydrogens (tertiary/aromatic N) is 1. The van der Waals surface area contributed by atoms with E-state index in [1.807, 2.05) is 0 Å². The van der Waals surface area contributed by atoms with Crippen LogP contribution in [0.1, 0.15) is 49.9 Å². The smallest absolute Gasteiger partial charge is 0.339 e. The molecule has 0 spiro atoms. The number of nitrogens with one attached hydrogen (secondary N) is 1. The summed E-state index contributed by atoms with van der Waals surface area (Å²) in [4.78, 5) is 15.1. The predicted octanol–water partition coefficient (Wildman–Crippen LogP) is 3.41. The summed E-state index contributed by atoms with van der Waals surface area (Å²) < 4.78 is 0. The predicted molar refractivity (Wildman–Crippen MR) is 73.0 cm³/mol. The molecule has 1 aromatic rings.